The molecule has 1 aliphatic carbocycles. The minimum Gasteiger partial charge on any atom is -0.273 e. The predicted octanol–water partition coefficient (Wildman–Crippen LogP) is 4.11. The van der Waals surface area contributed by atoms with E-state index in [0.29, 0.717) is 32.0 Å². The Hall–Kier alpha value is 0.320. The van der Waals surface area contributed by atoms with Crippen LogP contribution in [-0.4, -0.2) is 31.8 Å². The number of hydrogen-bond acceptors (Lipinski definition) is 3. The van der Waals surface area contributed by atoms with Gasteiger partial charge in [0.15, 0.2) is 4.84 Å². The molecule has 0 aromatic heterocycles. The highest BCUT2D eigenvalue weighted by Crippen LogP contribution is 2.48. The van der Waals surface area contributed by atoms with Crippen LogP contribution in [0, 0.1) is 11.8 Å². The molecule has 2 amide bonds. The van der Waals surface area contributed by atoms with E-state index in [1.54, 1.807) is 0 Å². The number of halogens is 5. The summed E-state index contributed by atoms with van der Waals surface area (Å²) < 4.78 is 8.87. The van der Waals surface area contributed by atoms with Gasteiger partial charge in [0.05, 0.1) is 19.0 Å². The first-order chi connectivity index (χ1) is 9.34. The van der Waals surface area contributed by atoms with Crippen molar-refractivity contribution < 1.29 is 14.0 Å². The number of hydrogen-bond donors (Lipinski definition) is 0. The van der Waals surface area contributed by atoms with Gasteiger partial charge in [0.2, 0.25) is 15.5 Å². The third-order valence-electron chi connectivity index (χ3n) is 2.93. The van der Waals surface area contributed by atoms with Crippen LogP contribution in [0.5, 0.6) is 0 Å². The van der Waals surface area contributed by atoms with Gasteiger partial charge < -0.3 is 0 Å². The van der Waals surface area contributed by atoms with Crippen molar-refractivity contribution in [3.05, 3.63) is 12.2 Å². The zero-order valence-corrected chi connectivity index (χ0v) is 14.2. The maximum atomic E-state index is 12.1. The van der Waals surface area contributed by atoms with Gasteiger partial charge in [0.25, 0.3) is 0 Å². The van der Waals surface area contributed by atoms with Crippen LogP contribution in [0.2, 0.25) is 0 Å². The monoisotopic (exact) mass is 381 g/mol. The largest absolute Gasteiger partial charge is 0.273 e. The van der Waals surface area contributed by atoms with E-state index < -0.39 is 8.50 Å². The second kappa shape index (κ2) is 7.54. The Kier molecular flexibility index (Phi) is 6.93. The second-order valence-corrected chi connectivity index (χ2v) is 8.20. The van der Waals surface area contributed by atoms with E-state index in [4.69, 9.17) is 46.4 Å². The molecular weight excluding hydrogens is 371 g/mol. The lowest BCUT2D eigenvalue weighted by atomic mass is 9.85. The molecule has 0 bridgehead atoms. The molecule has 2 rings (SSSR count). The molecule has 0 aromatic carbocycles. The summed E-state index contributed by atoms with van der Waals surface area (Å²) in [6.45, 7) is 0. The second-order valence-electron chi connectivity index (χ2n) is 4.08. The van der Waals surface area contributed by atoms with Gasteiger partial charge in [-0.25, -0.2) is 4.31 Å². The summed E-state index contributed by atoms with van der Waals surface area (Å²) in [5, 5.41) is 0. The molecular formula is C11H12Cl4FNO2S. The summed E-state index contributed by atoms with van der Waals surface area (Å²) in [5.74, 6) is -1.19. The molecule has 9 heteroatoms. The van der Waals surface area contributed by atoms with Crippen molar-refractivity contribution in [1.29, 1.82) is 0 Å². The molecule has 0 aromatic rings. The van der Waals surface area contributed by atoms with Gasteiger partial charge in [0.1, 0.15) is 0 Å². The molecule has 2 atom stereocenters. The SMILES string of the molecule is CF.O=C1C2CC=CCC2C(=O)N1SC(Cl)(Cl)C(Cl)Cl. The number of carbonyl (C=O) groups excluding carboxylic acids is 2. The molecule has 2 aliphatic rings. The number of alkyl halides is 5. The molecule has 0 N–H and O–H groups in total. The van der Waals surface area contributed by atoms with E-state index in [-0.39, 0.29) is 23.7 Å². The van der Waals surface area contributed by atoms with Gasteiger partial charge in [-0.15, -0.1) is 23.2 Å². The molecule has 3 nitrogen and oxygen atoms in total. The molecule has 1 heterocycles. The summed E-state index contributed by atoms with van der Waals surface area (Å²) in [6, 6.07) is 0. The first kappa shape index (κ1) is 18.4. The molecule has 2 unspecified atom stereocenters. The lowest BCUT2D eigenvalue weighted by Gasteiger charge is -2.24. The molecule has 1 aliphatic heterocycles. The number of fused-ring (bicyclic) bond motifs is 1. The van der Waals surface area contributed by atoms with E-state index in [1.165, 1.54) is 0 Å². The first-order valence-corrected chi connectivity index (χ1v) is 8.00. The quantitative estimate of drug-likeness (QED) is 0.319. The maximum absolute atomic E-state index is 12.1. The van der Waals surface area contributed by atoms with Gasteiger partial charge in [-0.3, -0.25) is 14.0 Å². The smallest absolute Gasteiger partial charge is 0.243 e. The van der Waals surface area contributed by atoms with Crippen molar-refractivity contribution in [3.8, 4) is 0 Å². The first-order valence-electron chi connectivity index (χ1n) is 5.60. The Labute approximate surface area is 140 Å². The van der Waals surface area contributed by atoms with E-state index in [1.807, 2.05) is 12.2 Å². The summed E-state index contributed by atoms with van der Waals surface area (Å²) in [6.07, 6.45) is 4.94. The van der Waals surface area contributed by atoms with Gasteiger partial charge in [-0.05, 0) is 12.8 Å². The lowest BCUT2D eigenvalue weighted by Crippen LogP contribution is -2.31. The normalized spacial score (nSPS) is 25.6. The van der Waals surface area contributed by atoms with Crippen molar-refractivity contribution in [2.75, 3.05) is 7.18 Å². The zero-order chi connectivity index (χ0) is 15.5. The van der Waals surface area contributed by atoms with Crippen LogP contribution in [0.25, 0.3) is 0 Å². The van der Waals surface area contributed by atoms with Crippen LogP contribution in [0.3, 0.4) is 0 Å². The highest BCUT2D eigenvalue weighted by Gasteiger charge is 2.51. The van der Waals surface area contributed by atoms with Crippen LogP contribution in [-0.2, 0) is 9.59 Å². The number of carbonyl (C=O) groups is 2. The van der Waals surface area contributed by atoms with Gasteiger partial charge in [0, 0.05) is 11.9 Å². The van der Waals surface area contributed by atoms with Crippen LogP contribution in [0.15, 0.2) is 12.2 Å². The number of allylic oxidation sites excluding steroid dienone is 2. The Morgan fingerprint density at radius 2 is 1.60 bits per heavy atom. The average molecular weight is 383 g/mol. The van der Waals surface area contributed by atoms with Crippen LogP contribution >= 0.6 is 58.4 Å². The standard InChI is InChI=1S/C10H9Cl4NO2S.CH3F/c11-9(12)10(13,14)18-15-7(16)5-3-1-2-4-6(5)8(15)17;1-2/h1-2,5-6,9H,3-4H2;1H3. The summed E-state index contributed by atoms with van der Waals surface area (Å²) >= 11 is 23.7. The van der Waals surface area contributed by atoms with Gasteiger partial charge in [-0.2, -0.15) is 0 Å². The van der Waals surface area contributed by atoms with Crippen molar-refractivity contribution >= 4 is 70.2 Å². The fraction of sp³-hybridized carbons (Fsp3) is 0.636. The highest BCUT2D eigenvalue weighted by molar-refractivity contribution is 8.02. The minimum atomic E-state index is -1.63. The molecule has 20 heavy (non-hydrogen) atoms. The van der Waals surface area contributed by atoms with Crippen molar-refractivity contribution in [2.24, 2.45) is 11.8 Å². The number of nitrogens with zero attached hydrogens (tertiary/aromatic N) is 1. The van der Waals surface area contributed by atoms with Crippen LogP contribution < -0.4 is 0 Å². The number of rotatable bonds is 3. The Morgan fingerprint density at radius 1 is 1.20 bits per heavy atom. The number of imide groups is 1. The Morgan fingerprint density at radius 3 is 1.95 bits per heavy atom. The minimum absolute atomic E-state index is 0.279. The molecule has 114 valence electrons. The lowest BCUT2D eigenvalue weighted by molar-refractivity contribution is -0.133. The fourth-order valence-electron chi connectivity index (χ4n) is 2.02. The van der Waals surface area contributed by atoms with Crippen LogP contribution in [0.1, 0.15) is 12.8 Å². The third kappa shape index (κ3) is 3.74. The summed E-state index contributed by atoms with van der Waals surface area (Å²) in [7, 11) is 0.500. The van der Waals surface area contributed by atoms with Crippen molar-refractivity contribution in [1.82, 2.24) is 4.31 Å². The van der Waals surface area contributed by atoms with E-state index in [2.05, 4.69) is 0 Å². The molecule has 0 spiro atoms. The molecule has 0 radical (unpaired) electrons. The van der Waals surface area contributed by atoms with Crippen LogP contribution in [0.4, 0.5) is 4.39 Å². The topological polar surface area (TPSA) is 37.4 Å². The average Bonchev–Trinajstić information content (AvgIpc) is 2.66. The van der Waals surface area contributed by atoms with E-state index >= 15 is 0 Å². The van der Waals surface area contributed by atoms with Gasteiger partial charge in [-0.1, -0.05) is 35.4 Å². The maximum Gasteiger partial charge on any atom is 0.243 e. The molecule has 0 saturated carbocycles. The summed E-state index contributed by atoms with van der Waals surface area (Å²) in [5.41, 5.74) is 0. The Balaban J connectivity index is 0.000000956. The van der Waals surface area contributed by atoms with Crippen molar-refractivity contribution in [2.45, 2.75) is 21.3 Å². The third-order valence-corrected chi connectivity index (χ3v) is 6.17. The van der Waals surface area contributed by atoms with E-state index in [9.17, 15) is 14.0 Å². The van der Waals surface area contributed by atoms with E-state index in [0.717, 1.165) is 4.31 Å². The Bertz CT molecular complexity index is 393. The summed E-state index contributed by atoms with van der Waals surface area (Å²) in [4.78, 5) is 23.1. The number of amides is 2. The highest BCUT2D eigenvalue weighted by atomic mass is 35.5. The molecule has 1 fully saturated rings. The van der Waals surface area contributed by atoms with Crippen molar-refractivity contribution in [3.63, 3.8) is 0 Å². The zero-order valence-electron chi connectivity index (χ0n) is 10.4. The predicted molar refractivity (Wildman–Crippen MR) is 81.8 cm³/mol. The van der Waals surface area contributed by atoms with Gasteiger partial charge >= 0.3 is 0 Å². The molecule has 1 saturated heterocycles. The fourth-order valence-corrected chi connectivity index (χ4v) is 3.45.